The Labute approximate surface area is 138 Å². The average Bonchev–Trinajstić information content (AvgIpc) is 3.27. The number of aromatic carboxylic acids is 1. The molecule has 0 radical (unpaired) electrons. The molecule has 0 unspecified atom stereocenters. The second-order valence-corrected chi connectivity index (χ2v) is 5.64. The fourth-order valence-corrected chi connectivity index (χ4v) is 2.89. The molecule has 0 saturated heterocycles. The molecular formula is C18H15N3O3. The predicted octanol–water partition coefficient (Wildman–Crippen LogP) is 2.49. The van der Waals surface area contributed by atoms with Crippen LogP contribution in [0.5, 0.6) is 5.75 Å². The molecule has 0 atom stereocenters. The number of aromatic nitrogens is 3. The topological polar surface area (TPSA) is 77.2 Å². The highest BCUT2D eigenvalue weighted by molar-refractivity contribution is 5.86. The van der Waals surface area contributed by atoms with E-state index in [9.17, 15) is 9.90 Å². The molecule has 1 aliphatic heterocycles. The monoisotopic (exact) mass is 321 g/mol. The first-order chi connectivity index (χ1) is 11.7. The number of pyridine rings is 1. The molecule has 24 heavy (non-hydrogen) atoms. The van der Waals surface area contributed by atoms with E-state index in [4.69, 9.17) is 4.74 Å². The second-order valence-electron chi connectivity index (χ2n) is 5.64. The maximum Gasteiger partial charge on any atom is 0.354 e. The first-order valence-electron chi connectivity index (χ1n) is 7.68. The normalized spacial score (nSPS) is 12.7. The van der Waals surface area contributed by atoms with Crippen molar-refractivity contribution in [1.82, 2.24) is 14.8 Å². The van der Waals surface area contributed by atoms with E-state index in [1.54, 1.807) is 16.9 Å². The summed E-state index contributed by atoms with van der Waals surface area (Å²) >= 11 is 0. The van der Waals surface area contributed by atoms with Crippen molar-refractivity contribution in [2.24, 2.45) is 0 Å². The molecular weight excluding hydrogens is 306 g/mol. The molecule has 120 valence electrons. The Morgan fingerprint density at radius 2 is 2.12 bits per heavy atom. The fourth-order valence-electron chi connectivity index (χ4n) is 2.89. The van der Waals surface area contributed by atoms with E-state index in [1.165, 1.54) is 0 Å². The molecule has 0 fully saturated rings. The third-order valence-corrected chi connectivity index (χ3v) is 4.02. The molecule has 0 bridgehead atoms. The van der Waals surface area contributed by atoms with Crippen LogP contribution in [0.1, 0.15) is 27.3 Å². The van der Waals surface area contributed by atoms with Crippen LogP contribution in [0.15, 0.2) is 48.8 Å². The zero-order chi connectivity index (χ0) is 16.5. The summed E-state index contributed by atoms with van der Waals surface area (Å²) in [4.78, 5) is 15.4. The van der Waals surface area contributed by atoms with Gasteiger partial charge in [-0.15, -0.1) is 0 Å². The van der Waals surface area contributed by atoms with Crippen molar-refractivity contribution >= 4 is 5.97 Å². The van der Waals surface area contributed by atoms with E-state index in [1.807, 2.05) is 36.5 Å². The van der Waals surface area contributed by atoms with Gasteiger partial charge in [-0.2, -0.15) is 5.10 Å². The van der Waals surface area contributed by atoms with Crippen LogP contribution in [-0.4, -0.2) is 32.4 Å². The van der Waals surface area contributed by atoms with E-state index in [0.717, 1.165) is 28.3 Å². The van der Waals surface area contributed by atoms with E-state index >= 15 is 0 Å². The number of hydrogen-bond acceptors (Lipinski definition) is 4. The van der Waals surface area contributed by atoms with Gasteiger partial charge in [-0.05, 0) is 29.8 Å². The summed E-state index contributed by atoms with van der Waals surface area (Å²) < 4.78 is 7.44. The number of hydrogen-bond donors (Lipinski definition) is 1. The molecule has 0 amide bonds. The standard InChI is InChI=1S/C18H15N3O3/c22-18(23)16-11-13(17-15(20-16)6-9-24-17)10-12-2-4-14(5-3-12)21-8-1-7-19-21/h1-5,7-8,11H,6,9-10H2,(H,22,23). The van der Waals surface area contributed by atoms with Crippen LogP contribution in [0.2, 0.25) is 0 Å². The van der Waals surface area contributed by atoms with Crippen molar-refractivity contribution in [2.45, 2.75) is 12.8 Å². The van der Waals surface area contributed by atoms with Crippen LogP contribution < -0.4 is 4.74 Å². The van der Waals surface area contributed by atoms with Crippen molar-refractivity contribution < 1.29 is 14.6 Å². The van der Waals surface area contributed by atoms with Crippen molar-refractivity contribution in [2.75, 3.05) is 6.61 Å². The van der Waals surface area contributed by atoms with Crippen LogP contribution >= 0.6 is 0 Å². The minimum atomic E-state index is -1.01. The SMILES string of the molecule is O=C(O)c1cc(Cc2ccc(-n3cccn3)cc2)c2c(n1)CCO2. The Bertz CT molecular complexity index is 887. The Kier molecular flexibility index (Phi) is 3.49. The van der Waals surface area contributed by atoms with Crippen LogP contribution in [0.25, 0.3) is 5.69 Å². The molecule has 1 N–H and O–H groups in total. The highest BCUT2D eigenvalue weighted by atomic mass is 16.5. The van der Waals surface area contributed by atoms with Gasteiger partial charge < -0.3 is 9.84 Å². The lowest BCUT2D eigenvalue weighted by molar-refractivity contribution is 0.0690. The van der Waals surface area contributed by atoms with E-state index in [2.05, 4.69) is 10.1 Å². The van der Waals surface area contributed by atoms with Crippen molar-refractivity contribution in [1.29, 1.82) is 0 Å². The smallest absolute Gasteiger partial charge is 0.354 e. The van der Waals surface area contributed by atoms with Crippen molar-refractivity contribution in [3.63, 3.8) is 0 Å². The van der Waals surface area contributed by atoms with Gasteiger partial charge in [0.2, 0.25) is 0 Å². The molecule has 3 aromatic rings. The lowest BCUT2D eigenvalue weighted by atomic mass is 10.0. The quantitative estimate of drug-likeness (QED) is 0.799. The summed E-state index contributed by atoms with van der Waals surface area (Å²) in [7, 11) is 0. The number of carboxylic acids is 1. The summed E-state index contributed by atoms with van der Waals surface area (Å²) in [6.07, 6.45) is 4.88. The molecule has 2 aromatic heterocycles. The van der Waals surface area contributed by atoms with Gasteiger partial charge in [0, 0.05) is 30.8 Å². The molecule has 6 heteroatoms. The molecule has 1 aliphatic rings. The van der Waals surface area contributed by atoms with Crippen LogP contribution in [0.4, 0.5) is 0 Å². The average molecular weight is 321 g/mol. The highest BCUT2D eigenvalue weighted by Crippen LogP contribution is 2.30. The first-order valence-corrected chi connectivity index (χ1v) is 7.68. The molecule has 0 saturated carbocycles. The second kappa shape index (κ2) is 5.81. The summed E-state index contributed by atoms with van der Waals surface area (Å²) in [6, 6.07) is 11.5. The van der Waals surface area contributed by atoms with Crippen LogP contribution in [-0.2, 0) is 12.8 Å². The number of fused-ring (bicyclic) bond motifs is 1. The lowest BCUT2D eigenvalue weighted by Crippen LogP contribution is -2.05. The Hall–Kier alpha value is -3.15. The van der Waals surface area contributed by atoms with Gasteiger partial charge in [-0.1, -0.05) is 12.1 Å². The maximum absolute atomic E-state index is 11.3. The molecule has 0 aliphatic carbocycles. The molecule has 4 rings (SSSR count). The highest BCUT2D eigenvalue weighted by Gasteiger charge is 2.21. The van der Waals surface area contributed by atoms with Gasteiger partial charge >= 0.3 is 5.97 Å². The minimum Gasteiger partial charge on any atom is -0.491 e. The number of carboxylic acid groups (broad SMARTS) is 1. The zero-order valence-electron chi connectivity index (χ0n) is 12.8. The maximum atomic E-state index is 11.3. The van der Waals surface area contributed by atoms with E-state index in [0.29, 0.717) is 19.4 Å². The summed E-state index contributed by atoms with van der Waals surface area (Å²) in [5, 5.41) is 13.4. The number of carbonyl (C=O) groups is 1. The largest absolute Gasteiger partial charge is 0.491 e. The molecule has 1 aromatic carbocycles. The van der Waals surface area contributed by atoms with E-state index < -0.39 is 5.97 Å². The zero-order valence-corrected chi connectivity index (χ0v) is 12.8. The van der Waals surface area contributed by atoms with Gasteiger partial charge in [0.1, 0.15) is 11.4 Å². The van der Waals surface area contributed by atoms with Crippen molar-refractivity contribution in [3.8, 4) is 11.4 Å². The Morgan fingerprint density at radius 3 is 2.83 bits per heavy atom. The third-order valence-electron chi connectivity index (χ3n) is 4.02. The van der Waals surface area contributed by atoms with Crippen LogP contribution in [0.3, 0.4) is 0 Å². The first kappa shape index (κ1) is 14.4. The summed E-state index contributed by atoms with van der Waals surface area (Å²) in [5.74, 6) is -0.281. The number of ether oxygens (including phenoxy) is 1. The van der Waals surface area contributed by atoms with Gasteiger partial charge in [0.25, 0.3) is 0 Å². The summed E-state index contributed by atoms with van der Waals surface area (Å²) in [6.45, 7) is 0.552. The third kappa shape index (κ3) is 2.62. The predicted molar refractivity (Wildman–Crippen MR) is 86.8 cm³/mol. The molecule has 3 heterocycles. The van der Waals surface area contributed by atoms with E-state index in [-0.39, 0.29) is 5.69 Å². The minimum absolute atomic E-state index is 0.0717. The lowest BCUT2D eigenvalue weighted by Gasteiger charge is -2.10. The fraction of sp³-hybridized carbons (Fsp3) is 0.167. The van der Waals surface area contributed by atoms with Gasteiger partial charge in [0.15, 0.2) is 0 Å². The number of rotatable bonds is 4. The van der Waals surface area contributed by atoms with Crippen LogP contribution in [0, 0.1) is 0 Å². The van der Waals surface area contributed by atoms with Crippen molar-refractivity contribution in [3.05, 3.63) is 71.3 Å². The Morgan fingerprint density at radius 1 is 1.29 bits per heavy atom. The summed E-state index contributed by atoms with van der Waals surface area (Å²) in [5.41, 5.74) is 3.72. The number of nitrogens with zero attached hydrogens (tertiary/aromatic N) is 3. The molecule has 6 nitrogen and oxygen atoms in total. The number of benzene rings is 1. The van der Waals surface area contributed by atoms with Gasteiger partial charge in [0.05, 0.1) is 18.0 Å². The van der Waals surface area contributed by atoms with Gasteiger partial charge in [-0.25, -0.2) is 14.5 Å². The Balaban J connectivity index is 1.64. The van der Waals surface area contributed by atoms with Gasteiger partial charge in [-0.3, -0.25) is 0 Å². The molecule has 0 spiro atoms.